The predicted molar refractivity (Wildman–Crippen MR) is 238 cm³/mol. The van der Waals surface area contributed by atoms with Gasteiger partial charge in [0.25, 0.3) is 0 Å². The highest BCUT2D eigenvalue weighted by atomic mass is 19.1. The van der Waals surface area contributed by atoms with Crippen LogP contribution in [0, 0.1) is 5.82 Å². The number of hydrogen-bond acceptors (Lipinski definition) is 10. The Morgan fingerprint density at radius 1 is 0.525 bits per heavy atom. The van der Waals surface area contributed by atoms with Gasteiger partial charge >= 0.3 is 11.9 Å². The largest absolute Gasteiger partial charge is 0.507 e. The molecule has 5 rings (SSSR count). The molecular formula is C50H55FN2O8. The lowest BCUT2D eigenvalue weighted by atomic mass is 10.1. The zero-order chi connectivity index (χ0) is 43.2. The van der Waals surface area contributed by atoms with Crippen LogP contribution in [0.5, 0.6) is 34.5 Å². The Balaban J connectivity index is 1.10. The Bertz CT molecular complexity index is 2220. The van der Waals surface area contributed by atoms with Gasteiger partial charge in [-0.2, -0.15) is 0 Å². The summed E-state index contributed by atoms with van der Waals surface area (Å²) >= 11 is 0. The topological polar surface area (TPSA) is 136 Å². The molecule has 0 heterocycles. The lowest BCUT2D eigenvalue weighted by Gasteiger charge is -2.08. The van der Waals surface area contributed by atoms with Crippen LogP contribution in [-0.2, 0) is 0 Å². The average molecular weight is 831 g/mol. The predicted octanol–water partition coefficient (Wildman–Crippen LogP) is 12.7. The van der Waals surface area contributed by atoms with Gasteiger partial charge in [0, 0.05) is 35.7 Å². The molecule has 0 saturated carbocycles. The average Bonchev–Trinajstić information content (AvgIpc) is 3.26. The number of unbranched alkanes of at least 4 members (excludes halogenated alkanes) is 10. The Morgan fingerprint density at radius 2 is 0.951 bits per heavy atom. The molecule has 0 aromatic heterocycles. The third-order valence-electron chi connectivity index (χ3n) is 9.76. The van der Waals surface area contributed by atoms with E-state index in [0.717, 1.165) is 25.7 Å². The lowest BCUT2D eigenvalue weighted by molar-refractivity contribution is 0.0724. The molecule has 0 bridgehead atoms. The maximum atomic E-state index is 14.7. The van der Waals surface area contributed by atoms with E-state index < -0.39 is 17.8 Å². The fourth-order valence-electron chi connectivity index (χ4n) is 6.21. The minimum Gasteiger partial charge on any atom is -0.507 e. The molecule has 0 aliphatic carbocycles. The second-order valence-corrected chi connectivity index (χ2v) is 14.7. The van der Waals surface area contributed by atoms with Crippen molar-refractivity contribution in [1.29, 1.82) is 0 Å². The molecule has 0 spiro atoms. The van der Waals surface area contributed by atoms with Crippen LogP contribution in [-0.4, -0.2) is 47.8 Å². The van der Waals surface area contributed by atoms with Gasteiger partial charge in [-0.15, -0.1) is 0 Å². The molecule has 0 radical (unpaired) electrons. The highest BCUT2D eigenvalue weighted by Crippen LogP contribution is 2.29. The smallest absolute Gasteiger partial charge is 0.343 e. The van der Waals surface area contributed by atoms with Gasteiger partial charge in [0.1, 0.15) is 46.0 Å². The Hall–Kier alpha value is -6.49. The van der Waals surface area contributed by atoms with Gasteiger partial charge in [-0.1, -0.05) is 78.1 Å². The summed E-state index contributed by atoms with van der Waals surface area (Å²) in [7, 11) is 0. The molecule has 0 aliphatic rings. The minimum absolute atomic E-state index is 0.0483. The van der Waals surface area contributed by atoms with Crippen LogP contribution in [0.2, 0.25) is 0 Å². The van der Waals surface area contributed by atoms with Crippen LogP contribution in [0.15, 0.2) is 113 Å². The number of ether oxygens (including phenoxy) is 4. The van der Waals surface area contributed by atoms with E-state index in [0.29, 0.717) is 47.1 Å². The number of phenols is 2. The number of aliphatic imine (C=N–C) groups is 2. The summed E-state index contributed by atoms with van der Waals surface area (Å²) in [5.74, 6) is -0.599. The maximum Gasteiger partial charge on any atom is 0.343 e. The van der Waals surface area contributed by atoms with Crippen molar-refractivity contribution >= 4 is 35.7 Å². The molecule has 0 atom stereocenters. The number of carbonyl (C=O) groups excluding carboxylic acids is 2. The molecule has 2 N–H and O–H groups in total. The third kappa shape index (κ3) is 15.2. The van der Waals surface area contributed by atoms with Crippen molar-refractivity contribution in [3.63, 3.8) is 0 Å². The standard InChI is InChI=1S/C50H55FN2O8/c1-3-5-7-9-11-13-29-58-41-22-15-36(16-23-41)49(56)60-43-26-19-38(47(54)32-43)34-52-40-21-28-45(51)46(31-40)53-35-39-20-27-44(33-48(39)55)61-50(57)37-17-24-42(25-18-37)59-30-14-12-10-8-6-4-2/h15-28,31-35,54-55H,3-14,29-30H2,1-2H3. The highest BCUT2D eigenvalue weighted by molar-refractivity contribution is 5.93. The molecule has 5 aromatic rings. The second-order valence-electron chi connectivity index (χ2n) is 14.7. The molecular weight excluding hydrogens is 776 g/mol. The fourth-order valence-corrected chi connectivity index (χ4v) is 6.21. The van der Waals surface area contributed by atoms with Crippen molar-refractivity contribution in [2.45, 2.75) is 90.9 Å². The summed E-state index contributed by atoms with van der Waals surface area (Å²) in [6.45, 7) is 5.63. The first-order chi connectivity index (χ1) is 29.7. The number of hydrogen-bond donors (Lipinski definition) is 2. The van der Waals surface area contributed by atoms with Crippen LogP contribution >= 0.6 is 0 Å². The van der Waals surface area contributed by atoms with Crippen molar-refractivity contribution in [1.82, 2.24) is 0 Å². The van der Waals surface area contributed by atoms with E-state index in [-0.39, 0.29) is 34.2 Å². The van der Waals surface area contributed by atoms with Gasteiger partial charge in [0.05, 0.1) is 30.0 Å². The highest BCUT2D eigenvalue weighted by Gasteiger charge is 2.13. The van der Waals surface area contributed by atoms with Crippen LogP contribution in [0.25, 0.3) is 0 Å². The van der Waals surface area contributed by atoms with E-state index in [1.54, 1.807) is 48.5 Å². The number of benzene rings is 5. The Morgan fingerprint density at radius 3 is 1.41 bits per heavy atom. The van der Waals surface area contributed by atoms with Crippen LogP contribution in [0.4, 0.5) is 15.8 Å². The van der Waals surface area contributed by atoms with Gasteiger partial charge in [0.15, 0.2) is 0 Å². The van der Waals surface area contributed by atoms with Gasteiger partial charge in [0.2, 0.25) is 0 Å². The van der Waals surface area contributed by atoms with E-state index >= 15 is 0 Å². The molecule has 320 valence electrons. The maximum absolute atomic E-state index is 14.7. The molecule has 0 aliphatic heterocycles. The SMILES string of the molecule is CCCCCCCCOc1ccc(C(=O)Oc2ccc(C=Nc3ccc(F)c(N=Cc4ccc(OC(=O)c5ccc(OCCCCCCCC)cc5)cc4O)c3)c(O)c2)cc1. The van der Waals surface area contributed by atoms with Crippen LogP contribution in [0.3, 0.4) is 0 Å². The molecule has 5 aromatic carbocycles. The molecule has 0 unspecified atom stereocenters. The number of halogens is 1. The number of carbonyl (C=O) groups is 2. The summed E-state index contributed by atoms with van der Waals surface area (Å²) in [5, 5.41) is 21.3. The van der Waals surface area contributed by atoms with Crippen molar-refractivity contribution in [2.24, 2.45) is 9.98 Å². The van der Waals surface area contributed by atoms with Crippen molar-refractivity contribution in [3.8, 4) is 34.5 Å². The van der Waals surface area contributed by atoms with Crippen molar-refractivity contribution in [2.75, 3.05) is 13.2 Å². The third-order valence-corrected chi connectivity index (χ3v) is 9.76. The Kier molecular flexibility index (Phi) is 18.4. The molecule has 0 saturated heterocycles. The summed E-state index contributed by atoms with van der Waals surface area (Å²) in [5.41, 5.74) is 1.54. The first-order valence-corrected chi connectivity index (χ1v) is 21.2. The lowest BCUT2D eigenvalue weighted by Crippen LogP contribution is -2.08. The van der Waals surface area contributed by atoms with E-state index in [9.17, 15) is 24.2 Å². The summed E-state index contributed by atoms with van der Waals surface area (Å²) < 4.78 is 37.2. The minimum atomic E-state index is -0.622. The van der Waals surface area contributed by atoms with E-state index in [1.165, 1.54) is 118 Å². The number of esters is 2. The molecule has 0 fully saturated rings. The molecule has 11 heteroatoms. The zero-order valence-corrected chi connectivity index (χ0v) is 35.0. The normalized spacial score (nSPS) is 11.3. The Labute approximate surface area is 357 Å². The monoisotopic (exact) mass is 830 g/mol. The van der Waals surface area contributed by atoms with Crippen molar-refractivity contribution in [3.05, 3.63) is 131 Å². The molecule has 0 amide bonds. The number of aromatic hydroxyl groups is 2. The number of rotatable bonds is 24. The number of phenolic OH excluding ortho intramolecular Hbond substituents is 2. The van der Waals surface area contributed by atoms with Gasteiger partial charge < -0.3 is 29.2 Å². The van der Waals surface area contributed by atoms with Crippen molar-refractivity contribution < 1.29 is 43.1 Å². The van der Waals surface area contributed by atoms with E-state index in [1.807, 2.05) is 0 Å². The summed E-state index contributed by atoms with van der Waals surface area (Å²) in [4.78, 5) is 34.1. The van der Waals surface area contributed by atoms with E-state index in [4.69, 9.17) is 18.9 Å². The number of nitrogens with zero attached hydrogens (tertiary/aromatic N) is 2. The molecule has 10 nitrogen and oxygen atoms in total. The van der Waals surface area contributed by atoms with E-state index in [2.05, 4.69) is 23.8 Å². The van der Waals surface area contributed by atoms with Gasteiger partial charge in [-0.05, 0) is 104 Å². The quantitative estimate of drug-likeness (QED) is 0.0271. The first-order valence-electron chi connectivity index (χ1n) is 21.2. The summed E-state index contributed by atoms with van der Waals surface area (Å²) in [6, 6.07) is 26.1. The first kappa shape index (κ1) is 45.6. The van der Waals surface area contributed by atoms with Gasteiger partial charge in [-0.3, -0.25) is 9.98 Å². The van der Waals surface area contributed by atoms with Crippen LogP contribution < -0.4 is 18.9 Å². The zero-order valence-electron chi connectivity index (χ0n) is 35.0. The molecule has 61 heavy (non-hydrogen) atoms. The second kappa shape index (κ2) is 24.6. The summed E-state index contributed by atoms with van der Waals surface area (Å²) in [6.07, 6.45) is 16.7. The van der Waals surface area contributed by atoms with Crippen LogP contribution in [0.1, 0.15) is 123 Å². The fraction of sp³-hybridized carbons (Fsp3) is 0.320. The van der Waals surface area contributed by atoms with Gasteiger partial charge in [-0.25, -0.2) is 14.0 Å².